The van der Waals surface area contributed by atoms with Crippen molar-refractivity contribution in [1.82, 2.24) is 5.32 Å². The van der Waals surface area contributed by atoms with Crippen molar-refractivity contribution in [2.75, 3.05) is 25.5 Å². The fraction of sp³-hybridized carbons (Fsp3) is 0.462. The third-order valence-corrected chi connectivity index (χ3v) is 2.35. The predicted octanol–water partition coefficient (Wildman–Crippen LogP) is 0.913. The van der Waals surface area contributed by atoms with Crippen LogP contribution in [0.2, 0.25) is 0 Å². The lowest BCUT2D eigenvalue weighted by Gasteiger charge is -2.11. The van der Waals surface area contributed by atoms with Crippen LogP contribution in [0.3, 0.4) is 0 Å². The first-order chi connectivity index (χ1) is 8.52. The van der Waals surface area contributed by atoms with Crippen LogP contribution in [0.1, 0.15) is 12.5 Å². The van der Waals surface area contributed by atoms with E-state index < -0.39 is 6.10 Å². The molecule has 0 aliphatic rings. The monoisotopic (exact) mass is 252 g/mol. The van der Waals surface area contributed by atoms with Gasteiger partial charge in [0.15, 0.2) is 0 Å². The molecular weight excluding hydrogens is 232 g/mol. The Kier molecular flexibility index (Phi) is 5.61. The summed E-state index contributed by atoms with van der Waals surface area (Å²) in [5.74, 6) is 0.462. The van der Waals surface area contributed by atoms with Crippen molar-refractivity contribution < 1.29 is 14.6 Å². The minimum absolute atomic E-state index is 0.155. The molecule has 0 saturated carbocycles. The molecular formula is C13H20N2O3. The largest absolute Gasteiger partial charge is 0.495 e. The molecule has 0 aliphatic heterocycles. The number of hydrogen-bond acceptors (Lipinski definition) is 4. The molecule has 1 aromatic rings. The number of hydrogen-bond donors (Lipinski definition) is 3. The van der Waals surface area contributed by atoms with E-state index in [-0.39, 0.29) is 12.5 Å². The zero-order valence-corrected chi connectivity index (χ0v) is 11.0. The Labute approximate surface area is 107 Å². The molecule has 0 unspecified atom stereocenters. The summed E-state index contributed by atoms with van der Waals surface area (Å²) in [6.07, 6.45) is -0.466. The van der Waals surface area contributed by atoms with E-state index in [0.29, 0.717) is 18.0 Å². The molecule has 5 nitrogen and oxygen atoms in total. The van der Waals surface area contributed by atoms with E-state index in [4.69, 9.17) is 9.84 Å². The quantitative estimate of drug-likeness (QED) is 0.704. The van der Waals surface area contributed by atoms with Crippen LogP contribution in [0.4, 0.5) is 5.69 Å². The maximum Gasteiger partial charge on any atom is 0.238 e. The number of aliphatic hydroxyl groups excluding tert-OH is 1. The molecule has 1 rings (SSSR count). The van der Waals surface area contributed by atoms with Crippen molar-refractivity contribution >= 4 is 11.6 Å². The SMILES string of the molecule is COc1ccc(C)cc1NC(=O)CNC[C@H](C)O. The Bertz CT molecular complexity index is 405. The van der Waals surface area contributed by atoms with Gasteiger partial charge >= 0.3 is 0 Å². The zero-order chi connectivity index (χ0) is 13.5. The van der Waals surface area contributed by atoms with E-state index in [1.165, 1.54) is 0 Å². The van der Waals surface area contributed by atoms with Crippen LogP contribution in [0.5, 0.6) is 5.75 Å². The summed E-state index contributed by atoms with van der Waals surface area (Å²) < 4.78 is 5.17. The van der Waals surface area contributed by atoms with Gasteiger partial charge in [0.25, 0.3) is 0 Å². The summed E-state index contributed by atoms with van der Waals surface area (Å²) in [4.78, 5) is 11.7. The highest BCUT2D eigenvalue weighted by atomic mass is 16.5. The van der Waals surface area contributed by atoms with Crippen LogP contribution < -0.4 is 15.4 Å². The van der Waals surface area contributed by atoms with Gasteiger partial charge < -0.3 is 20.5 Å². The van der Waals surface area contributed by atoms with Crippen molar-refractivity contribution in [2.24, 2.45) is 0 Å². The van der Waals surface area contributed by atoms with Gasteiger partial charge in [-0.15, -0.1) is 0 Å². The zero-order valence-electron chi connectivity index (χ0n) is 11.0. The summed E-state index contributed by atoms with van der Waals surface area (Å²) in [6, 6.07) is 5.58. The van der Waals surface area contributed by atoms with Crippen molar-refractivity contribution in [2.45, 2.75) is 20.0 Å². The van der Waals surface area contributed by atoms with Crippen LogP contribution in [0.15, 0.2) is 18.2 Å². The van der Waals surface area contributed by atoms with Gasteiger partial charge in [-0.3, -0.25) is 4.79 Å². The predicted molar refractivity (Wildman–Crippen MR) is 70.9 cm³/mol. The molecule has 100 valence electrons. The highest BCUT2D eigenvalue weighted by Crippen LogP contribution is 2.24. The highest BCUT2D eigenvalue weighted by Gasteiger charge is 2.07. The van der Waals surface area contributed by atoms with Crippen molar-refractivity contribution in [1.29, 1.82) is 0 Å². The minimum atomic E-state index is -0.466. The van der Waals surface area contributed by atoms with E-state index >= 15 is 0 Å². The second kappa shape index (κ2) is 6.98. The molecule has 0 heterocycles. The summed E-state index contributed by atoms with van der Waals surface area (Å²) in [5, 5.41) is 14.7. The standard InChI is InChI=1S/C13H20N2O3/c1-9-4-5-12(18-3)11(6-9)15-13(17)8-14-7-10(2)16/h4-6,10,14,16H,7-8H2,1-3H3,(H,15,17)/t10-/m0/s1. The second-order valence-electron chi connectivity index (χ2n) is 4.23. The summed E-state index contributed by atoms with van der Waals surface area (Å²) in [5.41, 5.74) is 1.70. The van der Waals surface area contributed by atoms with E-state index in [0.717, 1.165) is 5.56 Å². The Hall–Kier alpha value is -1.59. The van der Waals surface area contributed by atoms with E-state index in [1.807, 2.05) is 25.1 Å². The number of carbonyl (C=O) groups excluding carboxylic acids is 1. The summed E-state index contributed by atoms with van der Waals surface area (Å²) in [6.45, 7) is 4.15. The smallest absolute Gasteiger partial charge is 0.238 e. The summed E-state index contributed by atoms with van der Waals surface area (Å²) in [7, 11) is 1.56. The number of rotatable bonds is 6. The lowest BCUT2D eigenvalue weighted by molar-refractivity contribution is -0.115. The number of ether oxygens (including phenoxy) is 1. The van der Waals surface area contributed by atoms with Crippen molar-refractivity contribution in [3.63, 3.8) is 0 Å². The molecule has 1 amide bonds. The number of benzene rings is 1. The third-order valence-electron chi connectivity index (χ3n) is 2.35. The third kappa shape index (κ3) is 4.73. The molecule has 5 heteroatoms. The van der Waals surface area contributed by atoms with Crippen LogP contribution in [-0.4, -0.2) is 37.3 Å². The van der Waals surface area contributed by atoms with Crippen LogP contribution in [-0.2, 0) is 4.79 Å². The van der Waals surface area contributed by atoms with E-state index in [2.05, 4.69) is 10.6 Å². The average Bonchev–Trinajstić information content (AvgIpc) is 2.28. The van der Waals surface area contributed by atoms with E-state index in [9.17, 15) is 4.79 Å². The molecule has 0 saturated heterocycles. The number of anilines is 1. The number of amides is 1. The highest BCUT2D eigenvalue weighted by molar-refractivity contribution is 5.93. The van der Waals surface area contributed by atoms with Crippen LogP contribution >= 0.6 is 0 Å². The van der Waals surface area contributed by atoms with Gasteiger partial charge in [0.2, 0.25) is 5.91 Å². The van der Waals surface area contributed by atoms with Gasteiger partial charge in [-0.1, -0.05) is 6.07 Å². The Morgan fingerprint density at radius 3 is 2.83 bits per heavy atom. The maximum absolute atomic E-state index is 11.7. The van der Waals surface area contributed by atoms with Crippen molar-refractivity contribution in [3.8, 4) is 5.75 Å². The van der Waals surface area contributed by atoms with Crippen LogP contribution in [0.25, 0.3) is 0 Å². The number of aryl methyl sites for hydroxylation is 1. The van der Waals surface area contributed by atoms with Crippen molar-refractivity contribution in [3.05, 3.63) is 23.8 Å². The fourth-order valence-electron chi connectivity index (χ4n) is 1.51. The van der Waals surface area contributed by atoms with Gasteiger partial charge in [-0.05, 0) is 31.5 Å². The lowest BCUT2D eigenvalue weighted by Crippen LogP contribution is -2.32. The maximum atomic E-state index is 11.7. The Morgan fingerprint density at radius 2 is 2.22 bits per heavy atom. The van der Waals surface area contributed by atoms with Gasteiger partial charge in [0.05, 0.1) is 25.4 Å². The summed E-state index contributed by atoms with van der Waals surface area (Å²) >= 11 is 0. The topological polar surface area (TPSA) is 70.6 Å². The number of aliphatic hydroxyl groups is 1. The first kappa shape index (κ1) is 14.5. The van der Waals surface area contributed by atoms with Gasteiger partial charge in [0, 0.05) is 6.54 Å². The normalized spacial score (nSPS) is 12.0. The first-order valence-corrected chi connectivity index (χ1v) is 5.86. The van der Waals surface area contributed by atoms with Gasteiger partial charge in [-0.25, -0.2) is 0 Å². The van der Waals surface area contributed by atoms with E-state index in [1.54, 1.807) is 14.0 Å². The molecule has 1 atom stereocenters. The Morgan fingerprint density at radius 1 is 1.50 bits per heavy atom. The molecule has 3 N–H and O–H groups in total. The fourth-order valence-corrected chi connectivity index (χ4v) is 1.51. The molecule has 0 fully saturated rings. The Balaban J connectivity index is 2.55. The first-order valence-electron chi connectivity index (χ1n) is 5.86. The molecule has 0 spiro atoms. The molecule has 0 aliphatic carbocycles. The molecule has 1 aromatic carbocycles. The molecule has 0 aromatic heterocycles. The van der Waals surface area contributed by atoms with Gasteiger partial charge in [-0.2, -0.15) is 0 Å². The molecule has 0 bridgehead atoms. The second-order valence-corrected chi connectivity index (χ2v) is 4.23. The molecule has 18 heavy (non-hydrogen) atoms. The van der Waals surface area contributed by atoms with Gasteiger partial charge in [0.1, 0.15) is 5.75 Å². The minimum Gasteiger partial charge on any atom is -0.495 e. The number of methoxy groups -OCH3 is 1. The average molecular weight is 252 g/mol. The number of carbonyl (C=O) groups is 1. The lowest BCUT2D eigenvalue weighted by atomic mass is 10.2. The molecule has 0 radical (unpaired) electrons. The van der Waals surface area contributed by atoms with Crippen LogP contribution in [0, 0.1) is 6.92 Å². The number of nitrogens with one attached hydrogen (secondary N) is 2.